The van der Waals surface area contributed by atoms with Crippen molar-refractivity contribution in [2.75, 3.05) is 0 Å². The molecule has 0 aliphatic rings. The fraction of sp³-hybridized carbons (Fsp3) is 0.400. The molecule has 3 nitrogen and oxygen atoms in total. The van der Waals surface area contributed by atoms with Crippen molar-refractivity contribution in [1.29, 1.82) is 0 Å². The molecular formula is C15H20O3. The van der Waals surface area contributed by atoms with Crippen molar-refractivity contribution in [3.05, 3.63) is 35.4 Å². The lowest BCUT2D eigenvalue weighted by atomic mass is 10.1. The molecule has 1 aromatic carbocycles. The van der Waals surface area contributed by atoms with Gasteiger partial charge in [-0.15, -0.1) is 0 Å². The van der Waals surface area contributed by atoms with Crippen LogP contribution in [0.5, 0.6) is 5.75 Å². The SMILES string of the molecule is CCCCCC(=O)C=Cc1cccc(O)c1CO. The third kappa shape index (κ3) is 4.34. The highest BCUT2D eigenvalue weighted by molar-refractivity contribution is 5.93. The number of unbranched alkanes of at least 4 members (excludes halogenated alkanes) is 2. The van der Waals surface area contributed by atoms with Gasteiger partial charge in [0.2, 0.25) is 0 Å². The van der Waals surface area contributed by atoms with Crippen molar-refractivity contribution < 1.29 is 15.0 Å². The maximum atomic E-state index is 11.6. The van der Waals surface area contributed by atoms with Gasteiger partial charge in [-0.05, 0) is 24.1 Å². The van der Waals surface area contributed by atoms with Crippen LogP contribution in [0.1, 0.15) is 43.7 Å². The molecule has 18 heavy (non-hydrogen) atoms. The van der Waals surface area contributed by atoms with E-state index in [0.717, 1.165) is 19.3 Å². The van der Waals surface area contributed by atoms with Crippen LogP contribution in [0.3, 0.4) is 0 Å². The predicted octanol–water partition coefficient (Wildman–Crippen LogP) is 3.05. The third-order valence-electron chi connectivity index (χ3n) is 2.82. The Bertz CT molecular complexity index is 422. The van der Waals surface area contributed by atoms with Crippen molar-refractivity contribution in [1.82, 2.24) is 0 Å². The number of aliphatic hydroxyl groups is 1. The first kappa shape index (κ1) is 14.5. The number of rotatable bonds is 7. The summed E-state index contributed by atoms with van der Waals surface area (Å²) in [5.41, 5.74) is 1.14. The zero-order valence-electron chi connectivity index (χ0n) is 10.7. The average molecular weight is 248 g/mol. The summed E-state index contributed by atoms with van der Waals surface area (Å²) < 4.78 is 0. The third-order valence-corrected chi connectivity index (χ3v) is 2.82. The van der Waals surface area contributed by atoms with Crippen LogP contribution in [0.2, 0.25) is 0 Å². The van der Waals surface area contributed by atoms with Crippen molar-refractivity contribution >= 4 is 11.9 Å². The molecule has 0 fully saturated rings. The van der Waals surface area contributed by atoms with Gasteiger partial charge in [-0.25, -0.2) is 0 Å². The Labute approximate surface area is 108 Å². The largest absolute Gasteiger partial charge is 0.508 e. The lowest BCUT2D eigenvalue weighted by molar-refractivity contribution is -0.114. The van der Waals surface area contributed by atoms with Crippen LogP contribution in [-0.4, -0.2) is 16.0 Å². The van der Waals surface area contributed by atoms with Gasteiger partial charge in [-0.2, -0.15) is 0 Å². The molecule has 98 valence electrons. The molecule has 0 spiro atoms. The first-order chi connectivity index (χ1) is 8.69. The maximum Gasteiger partial charge on any atom is 0.155 e. The van der Waals surface area contributed by atoms with Gasteiger partial charge in [0, 0.05) is 12.0 Å². The number of hydrogen-bond donors (Lipinski definition) is 2. The Hall–Kier alpha value is -1.61. The van der Waals surface area contributed by atoms with Gasteiger partial charge in [0.1, 0.15) is 5.75 Å². The van der Waals surface area contributed by atoms with Crippen LogP contribution in [0, 0.1) is 0 Å². The molecule has 3 heteroatoms. The maximum absolute atomic E-state index is 11.6. The second-order valence-corrected chi connectivity index (χ2v) is 4.26. The van der Waals surface area contributed by atoms with Gasteiger partial charge >= 0.3 is 0 Å². The Balaban J connectivity index is 2.66. The fourth-order valence-electron chi connectivity index (χ4n) is 1.74. The van der Waals surface area contributed by atoms with E-state index in [1.165, 1.54) is 12.1 Å². The van der Waals surface area contributed by atoms with Gasteiger partial charge in [-0.1, -0.05) is 38.0 Å². The monoisotopic (exact) mass is 248 g/mol. The minimum Gasteiger partial charge on any atom is -0.508 e. The van der Waals surface area contributed by atoms with Crippen molar-refractivity contribution in [2.24, 2.45) is 0 Å². The van der Waals surface area contributed by atoms with Gasteiger partial charge < -0.3 is 10.2 Å². The van der Waals surface area contributed by atoms with Crippen LogP contribution in [0.25, 0.3) is 6.08 Å². The van der Waals surface area contributed by atoms with Gasteiger partial charge in [0.15, 0.2) is 5.78 Å². The molecule has 0 saturated carbocycles. The summed E-state index contributed by atoms with van der Waals surface area (Å²) in [4.78, 5) is 11.6. The highest BCUT2D eigenvalue weighted by atomic mass is 16.3. The Morgan fingerprint density at radius 1 is 1.33 bits per heavy atom. The molecule has 1 rings (SSSR count). The molecule has 0 radical (unpaired) electrons. The highest BCUT2D eigenvalue weighted by Crippen LogP contribution is 2.22. The fourth-order valence-corrected chi connectivity index (χ4v) is 1.74. The van der Waals surface area contributed by atoms with E-state index in [1.807, 2.05) is 0 Å². The highest BCUT2D eigenvalue weighted by Gasteiger charge is 2.04. The lowest BCUT2D eigenvalue weighted by Crippen LogP contribution is -1.93. The normalized spacial score (nSPS) is 11.0. The Morgan fingerprint density at radius 2 is 2.11 bits per heavy atom. The molecule has 0 atom stereocenters. The number of carbonyl (C=O) groups is 1. The van der Waals surface area contributed by atoms with Crippen LogP contribution in [0.4, 0.5) is 0 Å². The summed E-state index contributed by atoms with van der Waals surface area (Å²) in [6, 6.07) is 4.97. The first-order valence-corrected chi connectivity index (χ1v) is 6.31. The summed E-state index contributed by atoms with van der Waals surface area (Å²) in [7, 11) is 0. The number of hydrogen-bond acceptors (Lipinski definition) is 3. The topological polar surface area (TPSA) is 57.5 Å². The molecule has 0 bridgehead atoms. The molecule has 0 unspecified atom stereocenters. The van der Waals surface area contributed by atoms with E-state index in [-0.39, 0.29) is 18.1 Å². The van der Waals surface area contributed by atoms with E-state index in [9.17, 15) is 9.90 Å². The quantitative estimate of drug-likeness (QED) is 0.576. The lowest BCUT2D eigenvalue weighted by Gasteiger charge is -2.04. The number of allylic oxidation sites excluding steroid dienone is 1. The van der Waals surface area contributed by atoms with Crippen LogP contribution in [-0.2, 0) is 11.4 Å². The molecule has 2 N–H and O–H groups in total. The van der Waals surface area contributed by atoms with Gasteiger partial charge in [-0.3, -0.25) is 4.79 Å². The zero-order chi connectivity index (χ0) is 13.4. The molecule has 0 aliphatic heterocycles. The smallest absolute Gasteiger partial charge is 0.155 e. The molecular weight excluding hydrogens is 228 g/mol. The van der Waals surface area contributed by atoms with Crippen LogP contribution in [0.15, 0.2) is 24.3 Å². The molecule has 0 aromatic heterocycles. The molecule has 0 aliphatic carbocycles. The Morgan fingerprint density at radius 3 is 2.78 bits per heavy atom. The molecule has 0 heterocycles. The van der Waals surface area contributed by atoms with Crippen LogP contribution < -0.4 is 0 Å². The second kappa shape index (κ2) is 7.67. The van der Waals surface area contributed by atoms with E-state index in [0.29, 0.717) is 17.5 Å². The van der Waals surface area contributed by atoms with E-state index in [4.69, 9.17) is 5.11 Å². The number of benzene rings is 1. The van der Waals surface area contributed by atoms with E-state index in [1.54, 1.807) is 18.2 Å². The first-order valence-electron chi connectivity index (χ1n) is 6.31. The number of ketones is 1. The predicted molar refractivity (Wildman–Crippen MR) is 72.2 cm³/mol. The summed E-state index contributed by atoms with van der Waals surface area (Å²) in [6.45, 7) is 1.86. The standard InChI is InChI=1S/C15H20O3/c1-2-3-4-7-13(17)10-9-12-6-5-8-15(18)14(12)11-16/h5-6,8-10,16,18H,2-4,7,11H2,1H3. The number of aliphatic hydroxyl groups excluding tert-OH is 1. The zero-order valence-corrected chi connectivity index (χ0v) is 10.7. The summed E-state index contributed by atoms with van der Waals surface area (Å²) in [5.74, 6) is 0.133. The van der Waals surface area contributed by atoms with Gasteiger partial charge in [0.05, 0.1) is 6.61 Å². The van der Waals surface area contributed by atoms with E-state index in [2.05, 4.69) is 6.92 Å². The minimum absolute atomic E-state index is 0.0538. The summed E-state index contributed by atoms with van der Waals surface area (Å²) in [6.07, 6.45) is 6.79. The molecule has 1 aromatic rings. The Kier molecular flexibility index (Phi) is 6.15. The van der Waals surface area contributed by atoms with E-state index >= 15 is 0 Å². The van der Waals surface area contributed by atoms with Crippen molar-refractivity contribution in [2.45, 2.75) is 39.2 Å². The van der Waals surface area contributed by atoms with Crippen LogP contribution >= 0.6 is 0 Å². The second-order valence-electron chi connectivity index (χ2n) is 4.26. The number of phenols is 1. The van der Waals surface area contributed by atoms with Gasteiger partial charge in [0.25, 0.3) is 0 Å². The number of aromatic hydroxyl groups is 1. The number of carbonyl (C=O) groups excluding carboxylic acids is 1. The summed E-state index contributed by atoms with van der Waals surface area (Å²) >= 11 is 0. The minimum atomic E-state index is -0.240. The van der Waals surface area contributed by atoms with Crippen molar-refractivity contribution in [3.8, 4) is 5.75 Å². The molecule has 0 amide bonds. The molecule has 0 saturated heterocycles. The van der Waals surface area contributed by atoms with Crippen molar-refractivity contribution in [3.63, 3.8) is 0 Å². The summed E-state index contributed by atoms with van der Waals surface area (Å²) in [5, 5.41) is 18.7. The average Bonchev–Trinajstić information content (AvgIpc) is 2.36. The van der Waals surface area contributed by atoms with E-state index < -0.39 is 0 Å².